The quantitative estimate of drug-likeness (QED) is 0.263. The van der Waals surface area contributed by atoms with Gasteiger partial charge in [0.2, 0.25) is 0 Å². The van der Waals surface area contributed by atoms with Gasteiger partial charge in [-0.3, -0.25) is 24.1 Å². The van der Waals surface area contributed by atoms with Crippen LogP contribution < -0.4 is 0 Å². The molecular weight excluding hydrogens is 546 g/mol. The highest BCUT2D eigenvalue weighted by atomic mass is 16.6. The topological polar surface area (TPSA) is 149 Å². The molecule has 0 aromatic carbocycles. The van der Waals surface area contributed by atoms with E-state index < -0.39 is 93.6 Å². The second-order valence-corrected chi connectivity index (χ2v) is 14.5. The number of fused-ring (bicyclic) bond motifs is 1. The average Bonchev–Trinajstić information content (AvgIpc) is 3.31. The van der Waals surface area contributed by atoms with Crippen molar-refractivity contribution in [3.05, 3.63) is 12.2 Å². The van der Waals surface area contributed by atoms with Crippen LogP contribution in [0.2, 0.25) is 0 Å². The van der Waals surface area contributed by atoms with E-state index in [1.54, 1.807) is 6.92 Å². The molecule has 15 atom stereocenters. The van der Waals surface area contributed by atoms with E-state index in [1.165, 1.54) is 20.8 Å². The Balaban J connectivity index is 1.47. The molecule has 9 fully saturated rings. The van der Waals surface area contributed by atoms with Gasteiger partial charge in [0.15, 0.2) is 0 Å². The summed E-state index contributed by atoms with van der Waals surface area (Å²) in [6, 6.07) is -0.751. The molecule has 6 saturated carbocycles. The maximum atomic E-state index is 13.4. The molecule has 42 heavy (non-hydrogen) atoms. The molecule has 3 aliphatic heterocycles. The minimum atomic E-state index is -1.76. The van der Waals surface area contributed by atoms with Crippen LogP contribution in [0.25, 0.3) is 0 Å². The zero-order valence-electron chi connectivity index (χ0n) is 25.0. The first-order valence-corrected chi connectivity index (χ1v) is 15.2. The highest BCUT2D eigenvalue weighted by Crippen LogP contribution is 2.89. The molecule has 9 bridgehead atoms. The van der Waals surface area contributed by atoms with E-state index in [2.05, 4.69) is 11.5 Å². The number of esters is 4. The van der Waals surface area contributed by atoms with Gasteiger partial charge < -0.3 is 29.2 Å². The van der Waals surface area contributed by atoms with E-state index in [4.69, 9.17) is 18.9 Å². The molecule has 230 valence electrons. The van der Waals surface area contributed by atoms with Gasteiger partial charge in [0.1, 0.15) is 35.6 Å². The fourth-order valence-corrected chi connectivity index (χ4v) is 12.0. The smallest absolute Gasteiger partial charge is 0.309 e. The third kappa shape index (κ3) is 2.68. The van der Waals surface area contributed by atoms with Crippen molar-refractivity contribution in [2.45, 2.75) is 115 Å². The van der Waals surface area contributed by atoms with Crippen molar-refractivity contribution in [1.82, 2.24) is 4.90 Å². The van der Waals surface area contributed by atoms with Crippen LogP contribution in [0.5, 0.6) is 0 Å². The van der Waals surface area contributed by atoms with E-state index in [1.807, 2.05) is 13.8 Å². The van der Waals surface area contributed by atoms with Crippen LogP contribution in [-0.2, 0) is 38.1 Å². The molecule has 0 amide bonds. The second kappa shape index (κ2) is 8.15. The molecule has 2 unspecified atom stereocenters. The summed E-state index contributed by atoms with van der Waals surface area (Å²) in [6.07, 6.45) is -2.62. The third-order valence-corrected chi connectivity index (χ3v) is 12.8. The first-order valence-electron chi connectivity index (χ1n) is 15.2. The van der Waals surface area contributed by atoms with Crippen molar-refractivity contribution >= 4 is 23.9 Å². The molecule has 0 radical (unpaired) electrons. The zero-order chi connectivity index (χ0) is 30.5. The summed E-state index contributed by atoms with van der Waals surface area (Å²) in [5, 5.41) is 26.5. The monoisotopic (exact) mass is 587 g/mol. The molecule has 11 nitrogen and oxygen atoms in total. The van der Waals surface area contributed by atoms with Gasteiger partial charge in [0.25, 0.3) is 0 Å². The number of hydrogen-bond acceptors (Lipinski definition) is 11. The van der Waals surface area contributed by atoms with Gasteiger partial charge in [-0.1, -0.05) is 32.9 Å². The molecule has 3 heterocycles. The summed E-state index contributed by atoms with van der Waals surface area (Å²) in [4.78, 5) is 53.1. The molecule has 9 aliphatic rings. The Kier molecular flexibility index (Phi) is 5.49. The van der Waals surface area contributed by atoms with Crippen molar-refractivity contribution < 1.29 is 48.3 Å². The van der Waals surface area contributed by atoms with Gasteiger partial charge in [0.05, 0.1) is 17.9 Å². The van der Waals surface area contributed by atoms with E-state index >= 15 is 0 Å². The van der Waals surface area contributed by atoms with E-state index in [9.17, 15) is 29.4 Å². The standard InChI is InChI=1S/C31H41NO10/c1-8-13(2)25(36)42-19-11-29-21-18-10-28-9-14(3)20(24(31(28,29)38)41-17(6)35)23(40-16(5)34)30(28,37)26(29)32(18)12-27(21,7)22(19)39-15(4)33/h13,18-24,26,37-38H,3,8-12H2,1-2,4-7H3/t13?,18-,19+,20-,21+,22+,23+,24+,26-,27-,28-,29+,30-,31-/m0/s1. The first-order chi connectivity index (χ1) is 19.6. The van der Waals surface area contributed by atoms with E-state index in [0.717, 1.165) is 0 Å². The maximum Gasteiger partial charge on any atom is 0.309 e. The molecular formula is C31H41NO10. The first kappa shape index (κ1) is 28.3. The Morgan fingerprint density at radius 2 is 1.57 bits per heavy atom. The average molecular weight is 588 g/mol. The molecule has 2 N–H and O–H groups in total. The van der Waals surface area contributed by atoms with Gasteiger partial charge in [0, 0.05) is 49.6 Å². The second-order valence-electron chi connectivity index (χ2n) is 14.5. The minimum Gasteiger partial charge on any atom is -0.459 e. The summed E-state index contributed by atoms with van der Waals surface area (Å²) in [6.45, 7) is 14.3. The largest absolute Gasteiger partial charge is 0.459 e. The highest BCUT2D eigenvalue weighted by Gasteiger charge is 3.01. The molecule has 2 spiro atoms. The van der Waals surface area contributed by atoms with Crippen molar-refractivity contribution in [1.29, 1.82) is 0 Å². The SMILES string of the molecule is C=C1C[C@]23C[C@H]4[C@@H]5[C@]6(C)CN4[C@@H]4[C@@]2(O)[C@H](OC(C)=O)[C@H]1[C@@H](OC(C)=O)[C@@]3(O)[C@]54C[C@@H](OC(=O)C(C)CC)[C@H]6OC(C)=O. The van der Waals surface area contributed by atoms with E-state index in [0.29, 0.717) is 25.0 Å². The summed E-state index contributed by atoms with van der Waals surface area (Å²) < 4.78 is 24.1. The van der Waals surface area contributed by atoms with Crippen LogP contribution in [0, 0.1) is 34.0 Å². The lowest BCUT2D eigenvalue weighted by Gasteiger charge is -2.71. The number of piperidine rings is 2. The number of aliphatic hydroxyl groups is 2. The number of nitrogens with zero attached hydrogens (tertiary/aromatic N) is 1. The lowest BCUT2D eigenvalue weighted by molar-refractivity contribution is -0.347. The van der Waals surface area contributed by atoms with Crippen LogP contribution in [0.1, 0.15) is 67.2 Å². The summed E-state index contributed by atoms with van der Waals surface area (Å²) in [7, 11) is 0. The van der Waals surface area contributed by atoms with Gasteiger partial charge in [-0.15, -0.1) is 0 Å². The Morgan fingerprint density at radius 1 is 0.976 bits per heavy atom. The zero-order valence-corrected chi connectivity index (χ0v) is 25.0. The molecule has 6 aliphatic carbocycles. The number of carbonyl (C=O) groups is 4. The number of rotatable bonds is 6. The van der Waals surface area contributed by atoms with Crippen LogP contribution >= 0.6 is 0 Å². The minimum absolute atomic E-state index is 0.0803. The lowest BCUT2D eigenvalue weighted by Crippen LogP contribution is -2.83. The van der Waals surface area contributed by atoms with Crippen molar-refractivity contribution in [2.24, 2.45) is 34.0 Å². The summed E-state index contributed by atoms with van der Waals surface area (Å²) in [5.41, 5.74) is -5.86. The predicted octanol–water partition coefficient (Wildman–Crippen LogP) is 1.27. The molecule has 9 rings (SSSR count). The van der Waals surface area contributed by atoms with Crippen LogP contribution in [0.15, 0.2) is 12.2 Å². The maximum absolute atomic E-state index is 13.4. The summed E-state index contributed by atoms with van der Waals surface area (Å²) in [5.74, 6) is -3.63. The van der Waals surface area contributed by atoms with Gasteiger partial charge in [-0.05, 0) is 31.6 Å². The van der Waals surface area contributed by atoms with Crippen molar-refractivity contribution in [3.8, 4) is 0 Å². The van der Waals surface area contributed by atoms with Crippen LogP contribution in [0.3, 0.4) is 0 Å². The fraction of sp³-hybridized carbons (Fsp3) is 0.806. The Bertz CT molecular complexity index is 1330. The van der Waals surface area contributed by atoms with Crippen molar-refractivity contribution in [2.75, 3.05) is 6.54 Å². The number of carbonyl (C=O) groups excluding carboxylic acids is 4. The summed E-state index contributed by atoms with van der Waals surface area (Å²) >= 11 is 0. The van der Waals surface area contributed by atoms with Crippen molar-refractivity contribution in [3.63, 3.8) is 0 Å². The predicted molar refractivity (Wildman–Crippen MR) is 143 cm³/mol. The Morgan fingerprint density at radius 3 is 2.17 bits per heavy atom. The fourth-order valence-electron chi connectivity index (χ4n) is 12.0. The Labute approximate surface area is 244 Å². The third-order valence-electron chi connectivity index (χ3n) is 12.8. The normalized spacial score (nSPS) is 54.0. The van der Waals surface area contributed by atoms with Gasteiger partial charge >= 0.3 is 23.9 Å². The number of ether oxygens (including phenoxy) is 4. The Hall–Kier alpha value is -2.50. The van der Waals surface area contributed by atoms with Gasteiger partial charge in [-0.2, -0.15) is 0 Å². The highest BCUT2D eigenvalue weighted by molar-refractivity contribution is 5.73. The lowest BCUT2D eigenvalue weighted by atomic mass is 9.36. The van der Waals surface area contributed by atoms with Crippen LogP contribution in [0.4, 0.5) is 0 Å². The molecule has 11 heteroatoms. The van der Waals surface area contributed by atoms with Gasteiger partial charge in [-0.25, -0.2) is 0 Å². The van der Waals surface area contributed by atoms with Crippen LogP contribution in [-0.4, -0.2) is 93.2 Å². The molecule has 0 aromatic rings. The van der Waals surface area contributed by atoms with E-state index in [-0.39, 0.29) is 24.8 Å². The number of hydrogen-bond donors (Lipinski definition) is 2. The molecule has 3 saturated heterocycles. The molecule has 0 aromatic heterocycles.